The van der Waals surface area contributed by atoms with Gasteiger partial charge >= 0.3 is 0 Å². The zero-order valence-corrected chi connectivity index (χ0v) is 15.2. The molecule has 0 aliphatic heterocycles. The molecule has 0 aromatic heterocycles. The smallest absolute Gasteiger partial charge is 0.0173 e. The van der Waals surface area contributed by atoms with Gasteiger partial charge in [-0.2, -0.15) is 0 Å². The maximum Gasteiger partial charge on any atom is -0.0173 e. The fourth-order valence-electron chi connectivity index (χ4n) is 4.08. The number of hydrogen-bond donors (Lipinski definition) is 0. The van der Waals surface area contributed by atoms with E-state index in [1.807, 2.05) is 0 Å². The molecular formula is C21H38. The summed E-state index contributed by atoms with van der Waals surface area (Å²) in [5.41, 5.74) is 1.70. The first-order valence-electron chi connectivity index (χ1n) is 9.33. The van der Waals surface area contributed by atoms with Gasteiger partial charge in [0.1, 0.15) is 0 Å². The van der Waals surface area contributed by atoms with E-state index in [0.717, 1.165) is 23.7 Å². The van der Waals surface area contributed by atoms with E-state index in [4.69, 9.17) is 0 Å². The molecule has 0 spiro atoms. The predicted molar refractivity (Wildman–Crippen MR) is 96.4 cm³/mol. The van der Waals surface area contributed by atoms with Gasteiger partial charge in [-0.3, -0.25) is 0 Å². The van der Waals surface area contributed by atoms with Crippen LogP contribution in [0.1, 0.15) is 79.6 Å². The average molecular weight is 291 g/mol. The normalized spacial score (nSPS) is 33.1. The van der Waals surface area contributed by atoms with E-state index in [9.17, 15) is 0 Å². The standard InChI is InChI=1S/C21H38/c1-7-10-19-12-11-16(4)15-21(17(5)8-2)18(6)20(9-3)14-13-19/h9,13,16-18,20-21H,3,7-8,10-12,14-15H2,1-2,4-6H3. The molecule has 0 aromatic rings. The minimum absolute atomic E-state index is 0.654. The maximum atomic E-state index is 4.14. The first-order valence-corrected chi connectivity index (χ1v) is 9.33. The quantitative estimate of drug-likeness (QED) is 0.477. The van der Waals surface area contributed by atoms with Crippen LogP contribution in [0.5, 0.6) is 0 Å². The monoisotopic (exact) mass is 290 g/mol. The van der Waals surface area contributed by atoms with Crippen LogP contribution in [0, 0.1) is 29.6 Å². The van der Waals surface area contributed by atoms with Gasteiger partial charge in [-0.1, -0.05) is 65.2 Å². The molecule has 5 atom stereocenters. The highest BCUT2D eigenvalue weighted by molar-refractivity contribution is 5.05. The molecule has 1 aliphatic rings. The lowest BCUT2D eigenvalue weighted by Crippen LogP contribution is -2.27. The van der Waals surface area contributed by atoms with Crippen LogP contribution in [0.4, 0.5) is 0 Å². The molecule has 0 heteroatoms. The summed E-state index contributed by atoms with van der Waals surface area (Å²) in [4.78, 5) is 0. The summed E-state index contributed by atoms with van der Waals surface area (Å²) in [6.45, 7) is 16.2. The van der Waals surface area contributed by atoms with E-state index >= 15 is 0 Å². The third-order valence-corrected chi connectivity index (χ3v) is 5.91. The SMILES string of the molecule is C=CC1CC=C(CCC)CCC(C)CC(C(C)CC)C1C. The van der Waals surface area contributed by atoms with Gasteiger partial charge in [0.2, 0.25) is 0 Å². The van der Waals surface area contributed by atoms with Crippen molar-refractivity contribution in [3.63, 3.8) is 0 Å². The second-order valence-electron chi connectivity index (χ2n) is 7.54. The Balaban J connectivity index is 2.94. The molecule has 0 N–H and O–H groups in total. The van der Waals surface area contributed by atoms with Crippen molar-refractivity contribution in [2.24, 2.45) is 29.6 Å². The summed E-state index contributed by atoms with van der Waals surface area (Å²) in [6.07, 6.45) is 14.0. The molecule has 0 heterocycles. The third kappa shape index (κ3) is 5.64. The molecule has 122 valence electrons. The number of rotatable bonds is 5. The second kappa shape index (κ2) is 9.49. The molecule has 1 aliphatic carbocycles. The predicted octanol–water partition coefficient (Wildman–Crippen LogP) is 7.02. The Kier molecular flexibility index (Phi) is 8.37. The molecule has 0 saturated carbocycles. The minimum Gasteiger partial charge on any atom is -0.103 e. The molecule has 0 fully saturated rings. The fraction of sp³-hybridized carbons (Fsp3) is 0.810. The topological polar surface area (TPSA) is 0 Å². The molecule has 0 bridgehead atoms. The highest BCUT2D eigenvalue weighted by atomic mass is 14.3. The Morgan fingerprint density at radius 2 is 2.05 bits per heavy atom. The molecule has 1 rings (SSSR count). The Labute approximate surface area is 134 Å². The lowest BCUT2D eigenvalue weighted by molar-refractivity contribution is 0.166. The molecule has 0 aromatic carbocycles. The van der Waals surface area contributed by atoms with E-state index in [2.05, 4.69) is 53.3 Å². The Hall–Kier alpha value is -0.520. The van der Waals surface area contributed by atoms with Gasteiger partial charge < -0.3 is 0 Å². The van der Waals surface area contributed by atoms with Crippen LogP contribution < -0.4 is 0 Å². The average Bonchev–Trinajstić information content (AvgIpc) is 2.49. The van der Waals surface area contributed by atoms with Gasteiger partial charge in [-0.15, -0.1) is 6.58 Å². The highest BCUT2D eigenvalue weighted by Crippen LogP contribution is 2.38. The molecule has 0 radical (unpaired) electrons. The Bertz CT molecular complexity index is 325. The van der Waals surface area contributed by atoms with Crippen molar-refractivity contribution < 1.29 is 0 Å². The van der Waals surface area contributed by atoms with Crippen LogP contribution >= 0.6 is 0 Å². The third-order valence-electron chi connectivity index (χ3n) is 5.91. The first-order chi connectivity index (χ1) is 10.0. The van der Waals surface area contributed by atoms with Crippen LogP contribution in [-0.4, -0.2) is 0 Å². The summed E-state index contributed by atoms with van der Waals surface area (Å²) in [7, 11) is 0. The van der Waals surface area contributed by atoms with Crippen molar-refractivity contribution in [1.82, 2.24) is 0 Å². The number of hydrogen-bond acceptors (Lipinski definition) is 0. The molecule has 21 heavy (non-hydrogen) atoms. The van der Waals surface area contributed by atoms with Crippen molar-refractivity contribution in [2.75, 3.05) is 0 Å². The van der Waals surface area contributed by atoms with Gasteiger partial charge in [-0.25, -0.2) is 0 Å². The summed E-state index contributed by atoms with van der Waals surface area (Å²) >= 11 is 0. The molecule has 0 nitrogen and oxygen atoms in total. The second-order valence-corrected chi connectivity index (χ2v) is 7.54. The summed E-state index contributed by atoms with van der Waals surface area (Å²) in [5, 5.41) is 0. The van der Waals surface area contributed by atoms with Crippen LogP contribution in [0.3, 0.4) is 0 Å². The number of allylic oxidation sites excluding steroid dienone is 3. The van der Waals surface area contributed by atoms with Gasteiger partial charge in [-0.05, 0) is 61.7 Å². The Morgan fingerprint density at radius 3 is 2.62 bits per heavy atom. The largest absolute Gasteiger partial charge is 0.103 e. The van der Waals surface area contributed by atoms with Crippen LogP contribution in [-0.2, 0) is 0 Å². The van der Waals surface area contributed by atoms with E-state index in [0.29, 0.717) is 5.92 Å². The van der Waals surface area contributed by atoms with E-state index in [1.165, 1.54) is 44.9 Å². The van der Waals surface area contributed by atoms with E-state index in [-0.39, 0.29) is 0 Å². The molecule has 0 amide bonds. The zero-order chi connectivity index (χ0) is 15.8. The van der Waals surface area contributed by atoms with Crippen LogP contribution in [0.25, 0.3) is 0 Å². The van der Waals surface area contributed by atoms with Crippen LogP contribution in [0.2, 0.25) is 0 Å². The fourth-order valence-corrected chi connectivity index (χ4v) is 4.08. The first kappa shape index (κ1) is 18.5. The van der Waals surface area contributed by atoms with E-state index < -0.39 is 0 Å². The van der Waals surface area contributed by atoms with Crippen molar-refractivity contribution in [2.45, 2.75) is 79.6 Å². The Morgan fingerprint density at radius 1 is 1.33 bits per heavy atom. The summed E-state index contributed by atoms with van der Waals surface area (Å²) in [5.74, 6) is 3.96. The van der Waals surface area contributed by atoms with Crippen molar-refractivity contribution >= 4 is 0 Å². The molecular weight excluding hydrogens is 252 g/mol. The van der Waals surface area contributed by atoms with Crippen molar-refractivity contribution in [1.29, 1.82) is 0 Å². The van der Waals surface area contributed by atoms with Gasteiger partial charge in [0, 0.05) is 0 Å². The molecule has 5 unspecified atom stereocenters. The zero-order valence-electron chi connectivity index (χ0n) is 15.2. The van der Waals surface area contributed by atoms with Gasteiger partial charge in [0.15, 0.2) is 0 Å². The lowest BCUT2D eigenvalue weighted by atomic mass is 9.70. The van der Waals surface area contributed by atoms with Gasteiger partial charge in [0.25, 0.3) is 0 Å². The van der Waals surface area contributed by atoms with Crippen molar-refractivity contribution in [3.8, 4) is 0 Å². The summed E-state index contributed by atoms with van der Waals surface area (Å²) in [6, 6.07) is 0. The van der Waals surface area contributed by atoms with Crippen molar-refractivity contribution in [3.05, 3.63) is 24.3 Å². The van der Waals surface area contributed by atoms with Crippen LogP contribution in [0.15, 0.2) is 24.3 Å². The summed E-state index contributed by atoms with van der Waals surface area (Å²) < 4.78 is 0. The molecule has 0 saturated heterocycles. The maximum absolute atomic E-state index is 4.14. The minimum atomic E-state index is 0.654. The van der Waals surface area contributed by atoms with E-state index in [1.54, 1.807) is 5.57 Å². The van der Waals surface area contributed by atoms with Gasteiger partial charge in [0.05, 0.1) is 0 Å². The highest BCUT2D eigenvalue weighted by Gasteiger charge is 2.29. The lowest BCUT2D eigenvalue weighted by Gasteiger charge is -2.36.